The van der Waals surface area contributed by atoms with E-state index in [2.05, 4.69) is 5.32 Å². The standard InChI is InChI=1S/C23H32F2N4O4/c1-5-6-19(21(31)27-17-10-15(24)9-16(25)11-17)20(12-26)29-8-7-28(13-18(29)14-30)22(32)33-23(2,3)4/h9-12,18,26,30H,5-8,13-14H2,1-4H3,(H,27,31)/b20-19+,26-12?. The summed E-state index contributed by atoms with van der Waals surface area (Å²) in [4.78, 5) is 28.6. The Hall–Kier alpha value is -3.01. The number of ether oxygens (including phenoxy) is 1. The topological polar surface area (TPSA) is 106 Å². The molecule has 8 nitrogen and oxygen atoms in total. The van der Waals surface area contributed by atoms with Crippen molar-refractivity contribution in [1.82, 2.24) is 9.80 Å². The van der Waals surface area contributed by atoms with E-state index in [-0.39, 0.29) is 43.2 Å². The molecule has 1 fully saturated rings. The Kier molecular flexibility index (Phi) is 8.92. The van der Waals surface area contributed by atoms with Gasteiger partial charge >= 0.3 is 6.09 Å². The van der Waals surface area contributed by atoms with Crippen LogP contribution in [0.5, 0.6) is 0 Å². The Labute approximate surface area is 192 Å². The van der Waals surface area contributed by atoms with Crippen LogP contribution in [0.3, 0.4) is 0 Å². The number of anilines is 1. The minimum absolute atomic E-state index is 0.0381. The molecule has 1 aromatic carbocycles. The molecule has 0 aromatic heterocycles. The first-order valence-corrected chi connectivity index (χ1v) is 10.9. The molecule has 3 N–H and O–H groups in total. The highest BCUT2D eigenvalue weighted by atomic mass is 19.1. The fourth-order valence-corrected chi connectivity index (χ4v) is 3.60. The van der Waals surface area contributed by atoms with Gasteiger partial charge in [-0.1, -0.05) is 13.3 Å². The fraction of sp³-hybridized carbons (Fsp3) is 0.522. The lowest BCUT2D eigenvalue weighted by molar-refractivity contribution is -0.113. The number of carbonyl (C=O) groups excluding carboxylic acids is 2. The van der Waals surface area contributed by atoms with Gasteiger partial charge in [0.25, 0.3) is 5.91 Å². The molecule has 1 heterocycles. The van der Waals surface area contributed by atoms with Gasteiger partial charge in [0.15, 0.2) is 0 Å². The number of amides is 2. The van der Waals surface area contributed by atoms with Gasteiger partial charge in [0.1, 0.15) is 17.2 Å². The number of piperazine rings is 1. The van der Waals surface area contributed by atoms with E-state index in [9.17, 15) is 23.5 Å². The van der Waals surface area contributed by atoms with Crippen molar-refractivity contribution in [3.05, 3.63) is 41.1 Å². The number of nitrogens with one attached hydrogen (secondary N) is 2. The normalized spacial score (nSPS) is 17.4. The maximum Gasteiger partial charge on any atom is 0.410 e. The predicted octanol–water partition coefficient (Wildman–Crippen LogP) is 3.52. The first-order chi connectivity index (χ1) is 15.5. The second kappa shape index (κ2) is 11.2. The number of nitrogens with zero attached hydrogens (tertiary/aromatic N) is 2. The lowest BCUT2D eigenvalue weighted by atomic mass is 10.0. The Morgan fingerprint density at radius 3 is 2.39 bits per heavy atom. The summed E-state index contributed by atoms with van der Waals surface area (Å²) in [5.41, 5.74) is -0.162. The summed E-state index contributed by atoms with van der Waals surface area (Å²) < 4.78 is 32.5. The maximum atomic E-state index is 13.5. The van der Waals surface area contributed by atoms with Gasteiger partial charge in [0, 0.05) is 43.2 Å². The van der Waals surface area contributed by atoms with Gasteiger partial charge in [-0.25, -0.2) is 13.6 Å². The van der Waals surface area contributed by atoms with Gasteiger partial charge in [-0.2, -0.15) is 0 Å². The van der Waals surface area contributed by atoms with E-state index in [0.717, 1.165) is 18.3 Å². The number of carbonyl (C=O) groups is 2. The second-order valence-electron chi connectivity index (χ2n) is 8.83. The summed E-state index contributed by atoms with van der Waals surface area (Å²) in [6, 6.07) is 2.15. The molecule has 2 rings (SSSR count). The highest BCUT2D eigenvalue weighted by Crippen LogP contribution is 2.23. The van der Waals surface area contributed by atoms with Crippen LogP contribution in [0.25, 0.3) is 0 Å². The van der Waals surface area contributed by atoms with Crippen LogP contribution in [-0.2, 0) is 9.53 Å². The minimum Gasteiger partial charge on any atom is -0.444 e. The smallest absolute Gasteiger partial charge is 0.410 e. The van der Waals surface area contributed by atoms with Crippen LogP contribution in [-0.4, -0.2) is 71.0 Å². The Balaban J connectivity index is 2.30. The molecular formula is C23H32F2N4O4. The van der Waals surface area contributed by atoms with Gasteiger partial charge in [-0.15, -0.1) is 0 Å². The van der Waals surface area contributed by atoms with Crippen molar-refractivity contribution in [2.75, 3.05) is 31.6 Å². The van der Waals surface area contributed by atoms with E-state index < -0.39 is 35.3 Å². The van der Waals surface area contributed by atoms with E-state index in [0.29, 0.717) is 18.9 Å². The van der Waals surface area contributed by atoms with Gasteiger partial charge in [-0.3, -0.25) is 4.79 Å². The molecule has 0 aliphatic carbocycles. The van der Waals surface area contributed by atoms with Crippen molar-refractivity contribution in [3.8, 4) is 0 Å². The number of allylic oxidation sites excluding steroid dienone is 1. The number of halogens is 2. The largest absolute Gasteiger partial charge is 0.444 e. The highest BCUT2D eigenvalue weighted by molar-refractivity contribution is 6.07. The van der Waals surface area contributed by atoms with E-state index in [1.54, 1.807) is 25.7 Å². The lowest BCUT2D eigenvalue weighted by Gasteiger charge is -2.43. The third-order valence-corrected chi connectivity index (χ3v) is 5.00. The molecule has 1 aromatic rings. The zero-order valence-corrected chi connectivity index (χ0v) is 19.5. The predicted molar refractivity (Wildman–Crippen MR) is 121 cm³/mol. The quantitative estimate of drug-likeness (QED) is 0.421. The number of hydrogen-bond donors (Lipinski definition) is 3. The van der Waals surface area contributed by atoms with Crippen molar-refractivity contribution < 1.29 is 28.2 Å². The lowest BCUT2D eigenvalue weighted by Crippen LogP contribution is -2.56. The van der Waals surface area contributed by atoms with Crippen LogP contribution < -0.4 is 5.32 Å². The molecule has 33 heavy (non-hydrogen) atoms. The van der Waals surface area contributed by atoms with E-state index in [4.69, 9.17) is 10.1 Å². The molecule has 2 amide bonds. The third kappa shape index (κ3) is 7.24. The van der Waals surface area contributed by atoms with Gasteiger partial charge in [0.2, 0.25) is 0 Å². The average molecular weight is 467 g/mol. The summed E-state index contributed by atoms with van der Waals surface area (Å²) in [6.07, 6.45) is 1.42. The summed E-state index contributed by atoms with van der Waals surface area (Å²) in [5, 5.41) is 20.4. The summed E-state index contributed by atoms with van der Waals surface area (Å²) in [7, 11) is 0. The van der Waals surface area contributed by atoms with Crippen LogP contribution >= 0.6 is 0 Å². The summed E-state index contributed by atoms with van der Waals surface area (Å²) in [5.74, 6) is -2.24. The number of hydrogen-bond acceptors (Lipinski definition) is 6. The van der Waals surface area contributed by atoms with Crippen molar-refractivity contribution in [3.63, 3.8) is 0 Å². The van der Waals surface area contributed by atoms with E-state index >= 15 is 0 Å². The molecule has 1 aliphatic heterocycles. The third-order valence-electron chi connectivity index (χ3n) is 5.00. The summed E-state index contributed by atoms with van der Waals surface area (Å²) in [6.45, 7) is 7.54. The first-order valence-electron chi connectivity index (χ1n) is 10.9. The van der Waals surface area contributed by atoms with Crippen molar-refractivity contribution in [2.45, 2.75) is 52.2 Å². The minimum atomic E-state index is -0.822. The average Bonchev–Trinajstić information content (AvgIpc) is 2.71. The molecule has 1 unspecified atom stereocenters. The van der Waals surface area contributed by atoms with Crippen LogP contribution in [0, 0.1) is 17.0 Å². The molecule has 1 atom stereocenters. The molecule has 0 radical (unpaired) electrons. The number of benzene rings is 1. The van der Waals surface area contributed by atoms with Gasteiger partial charge < -0.3 is 30.4 Å². The zero-order valence-electron chi connectivity index (χ0n) is 19.5. The van der Waals surface area contributed by atoms with Crippen LogP contribution in [0.2, 0.25) is 0 Å². The fourth-order valence-electron chi connectivity index (χ4n) is 3.60. The van der Waals surface area contributed by atoms with Crippen LogP contribution in [0.1, 0.15) is 40.5 Å². The van der Waals surface area contributed by atoms with Gasteiger partial charge in [0.05, 0.1) is 18.3 Å². The Morgan fingerprint density at radius 2 is 1.88 bits per heavy atom. The first kappa shape index (κ1) is 26.2. The van der Waals surface area contributed by atoms with Crippen molar-refractivity contribution >= 4 is 23.9 Å². The molecule has 0 spiro atoms. The van der Waals surface area contributed by atoms with Crippen molar-refractivity contribution in [1.29, 1.82) is 5.41 Å². The monoisotopic (exact) mass is 466 g/mol. The molecule has 182 valence electrons. The SMILES string of the molecule is CCC/C(C(=O)Nc1cc(F)cc(F)c1)=C(/C=N)N1CCN(C(=O)OC(C)(C)C)CC1CO. The van der Waals surface area contributed by atoms with E-state index in [1.165, 1.54) is 4.90 Å². The molecule has 0 saturated carbocycles. The Morgan fingerprint density at radius 1 is 1.24 bits per heavy atom. The number of rotatable bonds is 7. The molecule has 0 bridgehead atoms. The summed E-state index contributed by atoms with van der Waals surface area (Å²) >= 11 is 0. The zero-order chi connectivity index (χ0) is 24.8. The van der Waals surface area contributed by atoms with Crippen LogP contribution in [0.15, 0.2) is 29.5 Å². The number of aliphatic hydroxyl groups excluding tert-OH is 1. The second-order valence-corrected chi connectivity index (χ2v) is 8.83. The Bertz CT molecular complexity index is 894. The molecule has 10 heteroatoms. The van der Waals surface area contributed by atoms with E-state index in [1.807, 2.05) is 6.92 Å². The molecular weight excluding hydrogens is 434 g/mol. The highest BCUT2D eigenvalue weighted by Gasteiger charge is 2.33. The van der Waals surface area contributed by atoms with Crippen molar-refractivity contribution in [2.24, 2.45) is 0 Å². The molecule has 1 saturated heterocycles. The number of aliphatic hydroxyl groups is 1. The van der Waals surface area contributed by atoms with Gasteiger partial charge in [-0.05, 0) is 39.3 Å². The maximum absolute atomic E-state index is 13.5. The molecule has 1 aliphatic rings. The van der Waals surface area contributed by atoms with Crippen LogP contribution in [0.4, 0.5) is 19.3 Å².